The Labute approximate surface area is 124 Å². The fourth-order valence-electron chi connectivity index (χ4n) is 3.71. The van der Waals surface area contributed by atoms with Crippen LogP contribution >= 0.6 is 0 Å². The van der Waals surface area contributed by atoms with Crippen molar-refractivity contribution in [2.45, 2.75) is 32.4 Å². The van der Waals surface area contributed by atoms with Gasteiger partial charge in [0.15, 0.2) is 0 Å². The van der Waals surface area contributed by atoms with E-state index in [2.05, 4.69) is 37.0 Å². The second-order valence-electron chi connectivity index (χ2n) is 6.27. The molecule has 1 amide bonds. The average molecular weight is 284 g/mol. The molecule has 2 atom stereocenters. The molecule has 1 N–H and O–H groups in total. The van der Waals surface area contributed by atoms with Crippen molar-refractivity contribution in [3.63, 3.8) is 0 Å². The summed E-state index contributed by atoms with van der Waals surface area (Å²) in [5.74, 6) is 0.298. The topological polar surface area (TPSA) is 45.3 Å². The fraction of sp³-hybridized carbons (Fsp3) is 0.471. The summed E-state index contributed by atoms with van der Waals surface area (Å²) in [5, 5.41) is 1.30. The molecule has 110 valence electrons. The third kappa shape index (κ3) is 1.82. The molecule has 1 saturated heterocycles. The quantitative estimate of drug-likeness (QED) is 0.875. The number of ether oxygens (including phenoxy) is 1. The largest absolute Gasteiger partial charge is 0.380 e. The first-order chi connectivity index (χ1) is 10.2. The summed E-state index contributed by atoms with van der Waals surface area (Å²) in [4.78, 5) is 18.2. The van der Waals surface area contributed by atoms with Gasteiger partial charge in [0.2, 0.25) is 5.91 Å². The number of nitrogens with one attached hydrogen (secondary N) is 1. The second-order valence-corrected chi connectivity index (χ2v) is 6.27. The van der Waals surface area contributed by atoms with Crippen molar-refractivity contribution in [3.05, 3.63) is 35.5 Å². The molecule has 3 heterocycles. The number of nitrogens with zero attached hydrogens (tertiary/aromatic N) is 1. The summed E-state index contributed by atoms with van der Waals surface area (Å²) in [6, 6.07) is 8.74. The highest BCUT2D eigenvalue weighted by atomic mass is 16.5. The van der Waals surface area contributed by atoms with E-state index in [1.807, 2.05) is 11.0 Å². The summed E-state index contributed by atoms with van der Waals surface area (Å²) >= 11 is 0. The van der Waals surface area contributed by atoms with Crippen LogP contribution in [-0.2, 0) is 16.0 Å². The van der Waals surface area contributed by atoms with Crippen LogP contribution < -0.4 is 0 Å². The van der Waals surface area contributed by atoms with Crippen molar-refractivity contribution in [3.8, 4) is 0 Å². The Kier molecular flexibility index (Phi) is 2.82. The number of rotatable bonds is 1. The molecule has 2 aliphatic heterocycles. The summed E-state index contributed by atoms with van der Waals surface area (Å²) in [6.07, 6.45) is 0.920. The number of carbonyl (C=O) groups is 1. The predicted molar refractivity (Wildman–Crippen MR) is 81.0 cm³/mol. The number of amides is 1. The lowest BCUT2D eigenvalue weighted by Crippen LogP contribution is -2.51. The van der Waals surface area contributed by atoms with Crippen LogP contribution in [0, 0.1) is 5.92 Å². The summed E-state index contributed by atoms with van der Waals surface area (Å²) in [5.41, 5.74) is 3.74. The second kappa shape index (κ2) is 4.60. The number of aromatic nitrogens is 1. The van der Waals surface area contributed by atoms with Gasteiger partial charge >= 0.3 is 0 Å². The highest BCUT2D eigenvalue weighted by Crippen LogP contribution is 2.38. The molecule has 1 aromatic carbocycles. The molecule has 4 rings (SSSR count). The van der Waals surface area contributed by atoms with Crippen LogP contribution in [0.1, 0.15) is 31.1 Å². The number of H-pyrrole nitrogens is 1. The molecule has 2 aromatic rings. The number of benzene rings is 1. The van der Waals surface area contributed by atoms with Crippen LogP contribution in [0.25, 0.3) is 10.9 Å². The lowest BCUT2D eigenvalue weighted by atomic mass is 9.91. The van der Waals surface area contributed by atoms with Gasteiger partial charge in [-0.2, -0.15) is 0 Å². The maximum atomic E-state index is 12.7. The smallest absolute Gasteiger partial charge is 0.231 e. The van der Waals surface area contributed by atoms with Crippen LogP contribution in [0.4, 0.5) is 0 Å². The van der Waals surface area contributed by atoms with Gasteiger partial charge < -0.3 is 14.6 Å². The van der Waals surface area contributed by atoms with Gasteiger partial charge in [-0.05, 0) is 31.9 Å². The molecule has 2 aliphatic rings. The Morgan fingerprint density at radius 1 is 1.29 bits per heavy atom. The summed E-state index contributed by atoms with van der Waals surface area (Å²) < 4.78 is 5.18. The average Bonchev–Trinajstić information content (AvgIpc) is 2.76. The van der Waals surface area contributed by atoms with Gasteiger partial charge in [-0.15, -0.1) is 0 Å². The molecule has 21 heavy (non-hydrogen) atoms. The SMILES string of the molecule is C[C@@H]1Cc2c([nH]c3ccccc23)[C@@H](C)N1C(=O)C1COC1. The summed E-state index contributed by atoms with van der Waals surface area (Å²) in [7, 11) is 0. The third-order valence-corrected chi connectivity index (χ3v) is 4.90. The molecule has 0 radical (unpaired) electrons. The van der Waals surface area contributed by atoms with Gasteiger partial charge in [0.1, 0.15) is 0 Å². The fourth-order valence-corrected chi connectivity index (χ4v) is 3.71. The van der Waals surface area contributed by atoms with Crippen LogP contribution in [0.2, 0.25) is 0 Å². The normalized spacial score (nSPS) is 25.7. The van der Waals surface area contributed by atoms with Crippen molar-refractivity contribution in [1.29, 1.82) is 0 Å². The van der Waals surface area contributed by atoms with Gasteiger partial charge in [-0.1, -0.05) is 18.2 Å². The zero-order valence-electron chi connectivity index (χ0n) is 12.4. The standard InChI is InChI=1S/C17H20N2O2/c1-10-7-14-13-5-3-4-6-15(13)18-16(14)11(2)19(10)17(20)12-8-21-9-12/h3-6,10-12,18H,7-9H2,1-2H3/t10-,11-/m1/s1. The van der Waals surface area contributed by atoms with E-state index in [0.29, 0.717) is 13.2 Å². The number of hydrogen-bond acceptors (Lipinski definition) is 2. The molecule has 1 aromatic heterocycles. The Morgan fingerprint density at radius 2 is 2.05 bits per heavy atom. The van der Waals surface area contributed by atoms with Gasteiger partial charge in [0.25, 0.3) is 0 Å². The number of fused-ring (bicyclic) bond motifs is 3. The lowest BCUT2D eigenvalue weighted by Gasteiger charge is -2.42. The zero-order valence-corrected chi connectivity index (χ0v) is 12.4. The number of carbonyl (C=O) groups excluding carboxylic acids is 1. The molecular weight excluding hydrogens is 264 g/mol. The van der Waals surface area contributed by atoms with E-state index in [0.717, 1.165) is 6.42 Å². The molecular formula is C17H20N2O2. The molecule has 1 fully saturated rings. The first-order valence-electron chi connectivity index (χ1n) is 7.66. The maximum Gasteiger partial charge on any atom is 0.231 e. The molecule has 4 nitrogen and oxygen atoms in total. The monoisotopic (exact) mass is 284 g/mol. The van der Waals surface area contributed by atoms with Crippen molar-refractivity contribution in [2.75, 3.05) is 13.2 Å². The Hall–Kier alpha value is -1.81. The van der Waals surface area contributed by atoms with Crippen molar-refractivity contribution >= 4 is 16.8 Å². The Balaban J connectivity index is 1.76. The zero-order chi connectivity index (χ0) is 14.6. The van der Waals surface area contributed by atoms with Crippen LogP contribution in [0.3, 0.4) is 0 Å². The van der Waals surface area contributed by atoms with E-state index < -0.39 is 0 Å². The number of para-hydroxylation sites is 1. The predicted octanol–water partition coefficient (Wildman–Crippen LogP) is 2.65. The number of hydrogen-bond donors (Lipinski definition) is 1. The van der Waals surface area contributed by atoms with Gasteiger partial charge in [0, 0.05) is 22.6 Å². The highest BCUT2D eigenvalue weighted by molar-refractivity contribution is 5.87. The first kappa shape index (κ1) is 12.9. The van der Waals surface area contributed by atoms with Crippen molar-refractivity contribution < 1.29 is 9.53 Å². The molecule has 4 heteroatoms. The first-order valence-corrected chi connectivity index (χ1v) is 7.66. The van der Waals surface area contributed by atoms with E-state index in [-0.39, 0.29) is 23.9 Å². The molecule has 0 bridgehead atoms. The van der Waals surface area contributed by atoms with Crippen molar-refractivity contribution in [2.24, 2.45) is 5.92 Å². The molecule has 0 saturated carbocycles. The van der Waals surface area contributed by atoms with Gasteiger partial charge in [-0.3, -0.25) is 4.79 Å². The third-order valence-electron chi connectivity index (χ3n) is 4.90. The Morgan fingerprint density at radius 3 is 2.76 bits per heavy atom. The molecule has 0 spiro atoms. The van der Waals surface area contributed by atoms with E-state index in [1.165, 1.54) is 22.2 Å². The highest BCUT2D eigenvalue weighted by Gasteiger charge is 2.39. The van der Waals surface area contributed by atoms with Crippen LogP contribution in [-0.4, -0.2) is 35.0 Å². The minimum Gasteiger partial charge on any atom is -0.380 e. The molecule has 0 aliphatic carbocycles. The van der Waals surface area contributed by atoms with Crippen LogP contribution in [0.15, 0.2) is 24.3 Å². The van der Waals surface area contributed by atoms with E-state index >= 15 is 0 Å². The van der Waals surface area contributed by atoms with Gasteiger partial charge in [0.05, 0.1) is 25.2 Å². The maximum absolute atomic E-state index is 12.7. The van der Waals surface area contributed by atoms with Crippen LogP contribution in [0.5, 0.6) is 0 Å². The summed E-state index contributed by atoms with van der Waals surface area (Å²) in [6.45, 7) is 5.43. The van der Waals surface area contributed by atoms with E-state index in [9.17, 15) is 4.79 Å². The Bertz CT molecular complexity index is 702. The lowest BCUT2D eigenvalue weighted by molar-refractivity contribution is -0.155. The van der Waals surface area contributed by atoms with Gasteiger partial charge in [-0.25, -0.2) is 0 Å². The minimum atomic E-state index is 0.0563. The van der Waals surface area contributed by atoms with E-state index in [1.54, 1.807) is 0 Å². The van der Waals surface area contributed by atoms with E-state index in [4.69, 9.17) is 4.74 Å². The van der Waals surface area contributed by atoms with Crippen molar-refractivity contribution in [1.82, 2.24) is 9.88 Å². The minimum absolute atomic E-state index is 0.0563. The number of aromatic amines is 1. The molecule has 0 unspecified atom stereocenters.